The molecule has 1 aromatic heterocycles. The number of carbonyl (C=O) groups is 1. The molecule has 1 aliphatic heterocycles. The minimum Gasteiger partial charge on any atom is -0.330 e. The summed E-state index contributed by atoms with van der Waals surface area (Å²) in [6, 6.07) is 13.4. The molecule has 23 heavy (non-hydrogen) atoms. The van der Waals surface area contributed by atoms with E-state index in [1.54, 1.807) is 6.20 Å². The lowest BCUT2D eigenvalue weighted by Gasteiger charge is -2.15. The Morgan fingerprint density at radius 2 is 2.04 bits per heavy atom. The molecule has 2 heterocycles. The Balaban J connectivity index is 1.60. The fraction of sp³-hybridized carbons (Fsp3) is 0.294. The molecule has 2 aromatic rings. The van der Waals surface area contributed by atoms with E-state index in [0.29, 0.717) is 4.58 Å². The minimum absolute atomic E-state index is 0.139. The van der Waals surface area contributed by atoms with E-state index >= 15 is 0 Å². The van der Waals surface area contributed by atoms with Gasteiger partial charge in [0.15, 0.2) is 0 Å². The third-order valence-electron chi connectivity index (χ3n) is 3.52. The molecule has 0 aliphatic carbocycles. The van der Waals surface area contributed by atoms with Crippen molar-refractivity contribution in [2.45, 2.75) is 17.5 Å². The number of carbonyl (C=O) groups excluding carboxylic acids is 1. The van der Waals surface area contributed by atoms with Gasteiger partial charge in [-0.05, 0) is 36.8 Å². The summed E-state index contributed by atoms with van der Waals surface area (Å²) in [5.74, 6) is 2.38. The quantitative estimate of drug-likeness (QED) is 0.860. The summed E-state index contributed by atoms with van der Waals surface area (Å²) in [5.41, 5.74) is 2.92. The van der Waals surface area contributed by atoms with E-state index in [4.69, 9.17) is 0 Å². The third kappa shape index (κ3) is 4.42. The van der Waals surface area contributed by atoms with Gasteiger partial charge in [0.2, 0.25) is 0 Å². The summed E-state index contributed by atoms with van der Waals surface area (Å²) < 4.78 is 0.479. The van der Waals surface area contributed by atoms with Crippen molar-refractivity contribution in [1.82, 2.24) is 10.3 Å². The molecule has 0 saturated carbocycles. The second kappa shape index (κ2) is 7.75. The van der Waals surface area contributed by atoms with Gasteiger partial charge in [0, 0.05) is 23.4 Å². The molecule has 1 aliphatic rings. The lowest BCUT2D eigenvalue weighted by atomic mass is 10.2. The molecule has 1 atom stereocenters. The van der Waals surface area contributed by atoms with Gasteiger partial charge in [0.05, 0.1) is 16.3 Å². The van der Waals surface area contributed by atoms with E-state index in [1.165, 1.54) is 17.1 Å². The Morgan fingerprint density at radius 3 is 2.78 bits per heavy atom. The number of hydrogen-bond acceptors (Lipinski definition) is 4. The normalized spacial score (nSPS) is 16.0. The van der Waals surface area contributed by atoms with Crippen LogP contribution in [0.15, 0.2) is 48.7 Å². The highest BCUT2D eigenvalue weighted by atomic mass is 32.2. The lowest BCUT2D eigenvalue weighted by Crippen LogP contribution is -2.31. The second-order valence-corrected chi connectivity index (χ2v) is 8.00. The highest BCUT2D eigenvalue weighted by molar-refractivity contribution is 8.19. The molecular formula is C17H19N3OS2. The first-order valence-electron chi connectivity index (χ1n) is 7.54. The standard InChI is InChI=1S/C17H19N3OS2/c1-12(15-7-2-3-8-18-15)19-17(21)20-14-6-4-5-13(11-14)16-22-9-10-23-16/h2-8,11-12,16H,9-10H2,1H3,(H2,19,20,21)/t12-/m1/s1. The van der Waals surface area contributed by atoms with Gasteiger partial charge in [-0.2, -0.15) is 0 Å². The first kappa shape index (κ1) is 16.2. The van der Waals surface area contributed by atoms with Gasteiger partial charge >= 0.3 is 6.03 Å². The van der Waals surface area contributed by atoms with Gasteiger partial charge in [-0.15, -0.1) is 23.5 Å². The highest BCUT2D eigenvalue weighted by Crippen LogP contribution is 2.45. The topological polar surface area (TPSA) is 54.0 Å². The van der Waals surface area contributed by atoms with E-state index in [1.807, 2.05) is 60.8 Å². The van der Waals surface area contributed by atoms with Crippen molar-refractivity contribution in [2.24, 2.45) is 0 Å². The molecule has 3 rings (SSSR count). The van der Waals surface area contributed by atoms with E-state index < -0.39 is 0 Å². The number of rotatable bonds is 4. The minimum atomic E-state index is -0.216. The van der Waals surface area contributed by atoms with Crippen LogP contribution in [0.2, 0.25) is 0 Å². The van der Waals surface area contributed by atoms with E-state index in [0.717, 1.165) is 11.4 Å². The van der Waals surface area contributed by atoms with Crippen molar-refractivity contribution < 1.29 is 4.79 Å². The molecule has 1 saturated heterocycles. The summed E-state index contributed by atoms with van der Waals surface area (Å²) in [5, 5.41) is 5.82. The fourth-order valence-corrected chi connectivity index (χ4v) is 5.22. The van der Waals surface area contributed by atoms with Crippen LogP contribution in [0.4, 0.5) is 10.5 Å². The number of pyridine rings is 1. The van der Waals surface area contributed by atoms with Gasteiger partial charge in [0.1, 0.15) is 0 Å². The average Bonchev–Trinajstić information content (AvgIpc) is 3.10. The molecular weight excluding hydrogens is 326 g/mol. The van der Waals surface area contributed by atoms with E-state index in [9.17, 15) is 4.79 Å². The van der Waals surface area contributed by atoms with Crippen molar-refractivity contribution in [3.8, 4) is 0 Å². The fourth-order valence-electron chi connectivity index (χ4n) is 2.38. The van der Waals surface area contributed by atoms with Gasteiger partial charge in [-0.25, -0.2) is 4.79 Å². The molecule has 0 bridgehead atoms. The molecule has 0 radical (unpaired) electrons. The number of nitrogens with one attached hydrogen (secondary N) is 2. The van der Waals surface area contributed by atoms with Crippen LogP contribution in [0.5, 0.6) is 0 Å². The predicted octanol–water partition coefficient (Wildman–Crippen LogP) is 4.44. The van der Waals surface area contributed by atoms with Crippen molar-refractivity contribution >= 4 is 35.2 Å². The Labute approximate surface area is 144 Å². The molecule has 1 aromatic carbocycles. The van der Waals surface area contributed by atoms with E-state index in [2.05, 4.69) is 27.8 Å². The molecule has 1 fully saturated rings. The number of aromatic nitrogens is 1. The van der Waals surface area contributed by atoms with Crippen molar-refractivity contribution in [3.05, 3.63) is 59.9 Å². The lowest BCUT2D eigenvalue weighted by molar-refractivity contribution is 0.249. The van der Waals surface area contributed by atoms with Crippen molar-refractivity contribution in [2.75, 3.05) is 16.8 Å². The van der Waals surface area contributed by atoms with Gasteiger partial charge in [0.25, 0.3) is 0 Å². The van der Waals surface area contributed by atoms with Crippen LogP contribution < -0.4 is 10.6 Å². The van der Waals surface area contributed by atoms with Crippen molar-refractivity contribution in [1.29, 1.82) is 0 Å². The zero-order valence-corrected chi connectivity index (χ0v) is 14.5. The summed E-state index contributed by atoms with van der Waals surface area (Å²) in [7, 11) is 0. The maximum absolute atomic E-state index is 12.2. The van der Waals surface area contributed by atoms with Crippen LogP contribution in [-0.4, -0.2) is 22.5 Å². The molecule has 0 spiro atoms. The Morgan fingerprint density at radius 1 is 1.22 bits per heavy atom. The molecule has 2 N–H and O–H groups in total. The SMILES string of the molecule is C[C@@H](NC(=O)Nc1cccc(C2SCCS2)c1)c1ccccn1. The monoisotopic (exact) mass is 345 g/mol. The van der Waals surface area contributed by atoms with Crippen molar-refractivity contribution in [3.63, 3.8) is 0 Å². The summed E-state index contributed by atoms with van der Waals surface area (Å²) in [4.78, 5) is 16.4. The Kier molecular flexibility index (Phi) is 5.46. The van der Waals surface area contributed by atoms with E-state index in [-0.39, 0.29) is 12.1 Å². The molecule has 120 valence electrons. The van der Waals surface area contributed by atoms with Crippen LogP contribution in [0.3, 0.4) is 0 Å². The van der Waals surface area contributed by atoms with Gasteiger partial charge in [-0.3, -0.25) is 4.98 Å². The number of thioether (sulfide) groups is 2. The third-order valence-corrected chi connectivity index (χ3v) is 6.62. The maximum atomic E-state index is 12.2. The summed E-state index contributed by atoms with van der Waals surface area (Å²) >= 11 is 3.91. The number of anilines is 1. The largest absolute Gasteiger partial charge is 0.330 e. The van der Waals surface area contributed by atoms with Crippen LogP contribution in [0, 0.1) is 0 Å². The van der Waals surface area contributed by atoms with Crippen LogP contribution >= 0.6 is 23.5 Å². The molecule has 4 nitrogen and oxygen atoms in total. The van der Waals surface area contributed by atoms with Crippen LogP contribution in [0.1, 0.15) is 28.8 Å². The predicted molar refractivity (Wildman–Crippen MR) is 98.9 cm³/mol. The summed E-state index contributed by atoms with van der Waals surface area (Å²) in [6.07, 6.45) is 1.73. The molecule has 0 unspecified atom stereocenters. The number of urea groups is 1. The Hall–Kier alpha value is -1.66. The number of hydrogen-bond donors (Lipinski definition) is 2. The second-order valence-electron chi connectivity index (χ2n) is 5.27. The van der Waals surface area contributed by atoms with Gasteiger partial charge < -0.3 is 10.6 Å². The smallest absolute Gasteiger partial charge is 0.319 e. The number of benzene rings is 1. The number of nitrogens with zero attached hydrogens (tertiary/aromatic N) is 1. The zero-order valence-electron chi connectivity index (χ0n) is 12.9. The van der Waals surface area contributed by atoms with Crippen LogP contribution in [-0.2, 0) is 0 Å². The molecule has 2 amide bonds. The van der Waals surface area contributed by atoms with Gasteiger partial charge in [-0.1, -0.05) is 18.2 Å². The average molecular weight is 345 g/mol. The zero-order chi connectivity index (χ0) is 16.1. The van der Waals surface area contributed by atoms with Crippen LogP contribution in [0.25, 0.3) is 0 Å². The first-order valence-corrected chi connectivity index (χ1v) is 9.64. The first-order chi connectivity index (χ1) is 11.2. The Bertz CT molecular complexity index is 660. The molecule has 6 heteroatoms. The highest BCUT2D eigenvalue weighted by Gasteiger charge is 2.18. The maximum Gasteiger partial charge on any atom is 0.319 e. The summed E-state index contributed by atoms with van der Waals surface area (Å²) in [6.45, 7) is 1.92. The number of amides is 2.